The zero-order valence-electron chi connectivity index (χ0n) is 19.2. The van der Waals surface area contributed by atoms with Gasteiger partial charge in [0.15, 0.2) is 0 Å². The van der Waals surface area contributed by atoms with E-state index < -0.39 is 0 Å². The Morgan fingerprint density at radius 2 is 1.25 bits per heavy atom. The van der Waals surface area contributed by atoms with Crippen LogP contribution >= 0.6 is 11.8 Å². The van der Waals surface area contributed by atoms with Crippen molar-refractivity contribution in [2.45, 2.75) is 56.8 Å². The van der Waals surface area contributed by atoms with Crippen LogP contribution in [0.3, 0.4) is 0 Å². The van der Waals surface area contributed by atoms with Crippen molar-refractivity contribution in [1.29, 1.82) is 0 Å². The van der Waals surface area contributed by atoms with E-state index in [1.807, 2.05) is 18.7 Å². The lowest BCUT2D eigenvalue weighted by Gasteiger charge is -2.36. The summed E-state index contributed by atoms with van der Waals surface area (Å²) in [6.45, 7) is 4.06. The summed E-state index contributed by atoms with van der Waals surface area (Å²) in [5.74, 6) is 0.630. The van der Waals surface area contributed by atoms with Crippen LogP contribution in [0.1, 0.15) is 62.6 Å². The summed E-state index contributed by atoms with van der Waals surface area (Å²) in [5, 5.41) is 0. The van der Waals surface area contributed by atoms with Crippen molar-refractivity contribution in [3.8, 4) is 0 Å². The molecule has 3 aromatic rings. The number of benzene rings is 3. The molecule has 2 nitrogen and oxygen atoms in total. The first-order chi connectivity index (χ1) is 15.7. The first kappa shape index (κ1) is 24.1. The molecule has 0 heterocycles. The maximum atomic E-state index is 12.2. The molecule has 0 aliphatic rings. The van der Waals surface area contributed by atoms with Crippen LogP contribution < -0.4 is 0 Å². The molecule has 0 spiro atoms. The van der Waals surface area contributed by atoms with Crippen LogP contribution in [0, 0.1) is 0 Å². The molecule has 3 rings (SSSR count). The Labute approximate surface area is 197 Å². The Morgan fingerprint density at radius 1 is 0.781 bits per heavy atom. The van der Waals surface area contributed by atoms with Gasteiger partial charge in [-0.15, -0.1) is 11.8 Å². The van der Waals surface area contributed by atoms with Crippen molar-refractivity contribution >= 4 is 17.7 Å². The second-order valence-corrected chi connectivity index (χ2v) is 9.29. The van der Waals surface area contributed by atoms with Crippen LogP contribution in [0.2, 0.25) is 0 Å². The summed E-state index contributed by atoms with van der Waals surface area (Å²) >= 11 is 1.87. The van der Waals surface area contributed by atoms with Gasteiger partial charge in [0.05, 0.1) is 4.75 Å². The van der Waals surface area contributed by atoms with Gasteiger partial charge in [0.1, 0.15) is 6.10 Å². The molecule has 0 saturated heterocycles. The first-order valence-corrected chi connectivity index (χ1v) is 12.7. The van der Waals surface area contributed by atoms with Crippen LogP contribution in [-0.2, 0) is 14.3 Å². The summed E-state index contributed by atoms with van der Waals surface area (Å²) in [6, 6.07) is 32.0. The van der Waals surface area contributed by atoms with Crippen LogP contribution in [0.5, 0.6) is 0 Å². The molecule has 0 aliphatic carbocycles. The van der Waals surface area contributed by atoms with Crippen molar-refractivity contribution in [2.24, 2.45) is 0 Å². The molecule has 0 saturated carbocycles. The van der Waals surface area contributed by atoms with Crippen LogP contribution in [0.15, 0.2) is 91.0 Å². The van der Waals surface area contributed by atoms with Gasteiger partial charge in [0, 0.05) is 12.2 Å². The molecule has 0 bridgehead atoms. The second-order valence-electron chi connectivity index (χ2n) is 8.05. The third-order valence-electron chi connectivity index (χ3n) is 5.74. The van der Waals surface area contributed by atoms with E-state index in [9.17, 15) is 4.79 Å². The Kier molecular flexibility index (Phi) is 9.43. The number of hydrogen-bond donors (Lipinski definition) is 0. The molecule has 0 amide bonds. The maximum absolute atomic E-state index is 12.2. The molecule has 0 N–H and O–H groups in total. The molecule has 0 fully saturated rings. The highest BCUT2D eigenvalue weighted by molar-refractivity contribution is 8.00. The monoisotopic (exact) mass is 446 g/mol. The second kappa shape index (κ2) is 12.5. The maximum Gasteiger partial charge on any atom is 0.305 e. The highest BCUT2D eigenvalue weighted by Gasteiger charge is 2.37. The summed E-state index contributed by atoms with van der Waals surface area (Å²) in [6.07, 6.45) is 4.62. The average molecular weight is 447 g/mol. The molecular formula is C29H34O2S. The lowest BCUT2D eigenvalue weighted by molar-refractivity contribution is -0.147. The lowest BCUT2D eigenvalue weighted by Crippen LogP contribution is -2.29. The smallest absolute Gasteiger partial charge is 0.305 e. The molecular weight excluding hydrogens is 412 g/mol. The van der Waals surface area contributed by atoms with Gasteiger partial charge in [-0.25, -0.2) is 0 Å². The van der Waals surface area contributed by atoms with Crippen molar-refractivity contribution in [3.05, 3.63) is 108 Å². The Balaban J connectivity index is 2.02. The molecule has 3 aromatic carbocycles. The number of esters is 1. The fourth-order valence-electron chi connectivity index (χ4n) is 4.05. The van der Waals surface area contributed by atoms with Crippen LogP contribution in [-0.4, -0.2) is 17.8 Å². The highest BCUT2D eigenvalue weighted by atomic mass is 32.2. The number of hydrogen-bond acceptors (Lipinski definition) is 3. The quantitative estimate of drug-likeness (QED) is 0.163. The number of carbonyl (C=O) groups is 1. The third-order valence-corrected chi connectivity index (χ3v) is 7.42. The molecule has 1 atom stereocenters. The van der Waals surface area contributed by atoms with E-state index >= 15 is 0 Å². The van der Waals surface area contributed by atoms with E-state index in [1.54, 1.807) is 0 Å². The van der Waals surface area contributed by atoms with Crippen LogP contribution in [0.25, 0.3) is 0 Å². The molecule has 168 valence electrons. The number of thioether (sulfide) groups is 1. The van der Waals surface area contributed by atoms with E-state index in [4.69, 9.17) is 4.74 Å². The van der Waals surface area contributed by atoms with E-state index in [0.717, 1.165) is 31.4 Å². The minimum Gasteiger partial charge on any atom is -0.461 e. The van der Waals surface area contributed by atoms with Crippen molar-refractivity contribution < 1.29 is 9.53 Å². The number of carbonyl (C=O) groups excluding carboxylic acids is 1. The molecule has 0 aliphatic heterocycles. The topological polar surface area (TPSA) is 26.3 Å². The van der Waals surface area contributed by atoms with Crippen molar-refractivity contribution in [1.82, 2.24) is 0 Å². The van der Waals surface area contributed by atoms with E-state index in [1.165, 1.54) is 16.7 Å². The predicted octanol–water partition coefficient (Wildman–Crippen LogP) is 7.61. The average Bonchev–Trinajstić information content (AvgIpc) is 2.86. The largest absolute Gasteiger partial charge is 0.461 e. The lowest BCUT2D eigenvalue weighted by atomic mass is 9.84. The van der Waals surface area contributed by atoms with Gasteiger partial charge in [-0.2, -0.15) is 0 Å². The van der Waals surface area contributed by atoms with Crippen molar-refractivity contribution in [3.63, 3.8) is 0 Å². The van der Waals surface area contributed by atoms with E-state index in [0.29, 0.717) is 6.42 Å². The van der Waals surface area contributed by atoms with E-state index in [-0.39, 0.29) is 16.8 Å². The normalized spacial score (nSPS) is 12.3. The van der Waals surface area contributed by atoms with Gasteiger partial charge in [-0.05, 0) is 29.5 Å². The summed E-state index contributed by atoms with van der Waals surface area (Å²) < 4.78 is 5.51. The van der Waals surface area contributed by atoms with Crippen LogP contribution in [0.4, 0.5) is 0 Å². The standard InChI is InChI=1S/C29H34O2S/c1-3-5-9-22-27(31-28(30)4-2)23-32-29(24-16-10-6-11-17-24,25-18-12-7-13-19-25)26-20-14-8-15-21-26/h6-8,10-21,27H,3-5,9,22-23H2,1-2H3. The zero-order chi connectivity index (χ0) is 22.7. The summed E-state index contributed by atoms with van der Waals surface area (Å²) in [7, 11) is 0. The molecule has 3 heteroatoms. The number of ether oxygens (including phenoxy) is 1. The Bertz CT molecular complexity index is 828. The number of rotatable bonds is 12. The predicted molar refractivity (Wildman–Crippen MR) is 136 cm³/mol. The van der Waals surface area contributed by atoms with Gasteiger partial charge in [0.25, 0.3) is 0 Å². The Hall–Kier alpha value is -2.52. The first-order valence-electron chi connectivity index (χ1n) is 11.7. The molecule has 32 heavy (non-hydrogen) atoms. The fraction of sp³-hybridized carbons (Fsp3) is 0.345. The van der Waals surface area contributed by atoms with Crippen molar-refractivity contribution in [2.75, 3.05) is 5.75 Å². The minimum absolute atomic E-state index is 0.0884. The summed E-state index contributed by atoms with van der Waals surface area (Å²) in [5.41, 5.74) is 3.70. The van der Waals surface area contributed by atoms with Gasteiger partial charge in [0.2, 0.25) is 0 Å². The van der Waals surface area contributed by atoms with Gasteiger partial charge in [-0.1, -0.05) is 118 Å². The highest BCUT2D eigenvalue weighted by Crippen LogP contribution is 2.48. The minimum atomic E-state index is -0.384. The third kappa shape index (κ3) is 6.04. The molecule has 0 radical (unpaired) electrons. The molecule has 0 aromatic heterocycles. The summed E-state index contributed by atoms with van der Waals surface area (Å²) in [4.78, 5) is 12.2. The Morgan fingerprint density at radius 3 is 1.66 bits per heavy atom. The number of unbranched alkanes of at least 4 members (excludes halogenated alkanes) is 2. The van der Waals surface area contributed by atoms with Gasteiger partial charge < -0.3 is 4.74 Å². The SMILES string of the molecule is CCCCCC(CSC(c1ccccc1)(c1ccccc1)c1ccccc1)OC(=O)CC. The zero-order valence-corrected chi connectivity index (χ0v) is 20.0. The van der Waals surface area contributed by atoms with E-state index in [2.05, 4.69) is 97.9 Å². The molecule has 1 unspecified atom stereocenters. The van der Waals surface area contributed by atoms with Gasteiger partial charge in [-0.3, -0.25) is 4.79 Å². The fourth-order valence-corrected chi connectivity index (χ4v) is 5.63. The van der Waals surface area contributed by atoms with Gasteiger partial charge >= 0.3 is 5.97 Å².